The van der Waals surface area contributed by atoms with E-state index in [1.807, 2.05) is 19.9 Å². The van der Waals surface area contributed by atoms with Crippen LogP contribution in [0.1, 0.15) is 19.0 Å². The highest BCUT2D eigenvalue weighted by atomic mass is 16.5. The van der Waals surface area contributed by atoms with Crippen molar-refractivity contribution in [1.29, 1.82) is 0 Å². The topological polar surface area (TPSA) is 76.1 Å². The predicted octanol–water partition coefficient (Wildman–Crippen LogP) is 1.19. The summed E-state index contributed by atoms with van der Waals surface area (Å²) in [7, 11) is 1.38. The summed E-state index contributed by atoms with van der Waals surface area (Å²) in [4.78, 5) is 19.4. The Labute approximate surface area is 101 Å². The molecule has 0 spiro atoms. The SMILES string of the molecule is CCNc1nc(C)cc(NCCC(=O)OC)n1. The third kappa shape index (κ3) is 4.67. The molecular formula is C11H18N4O2. The fourth-order valence-electron chi connectivity index (χ4n) is 1.29. The predicted molar refractivity (Wildman–Crippen MR) is 66.1 cm³/mol. The molecule has 0 radical (unpaired) electrons. The minimum absolute atomic E-state index is 0.241. The first kappa shape index (κ1) is 13.2. The normalized spacial score (nSPS) is 9.82. The zero-order valence-corrected chi connectivity index (χ0v) is 10.4. The third-order valence-electron chi connectivity index (χ3n) is 2.05. The maximum atomic E-state index is 10.9. The minimum Gasteiger partial charge on any atom is -0.469 e. The zero-order chi connectivity index (χ0) is 12.7. The molecule has 0 unspecified atom stereocenters. The smallest absolute Gasteiger partial charge is 0.307 e. The summed E-state index contributed by atoms with van der Waals surface area (Å²) in [5.41, 5.74) is 0.872. The maximum absolute atomic E-state index is 10.9. The fourth-order valence-corrected chi connectivity index (χ4v) is 1.29. The highest BCUT2D eigenvalue weighted by Gasteiger charge is 2.03. The fraction of sp³-hybridized carbons (Fsp3) is 0.545. The molecule has 94 valence electrons. The van der Waals surface area contributed by atoms with Crippen molar-refractivity contribution in [2.45, 2.75) is 20.3 Å². The molecule has 2 N–H and O–H groups in total. The molecule has 0 aromatic carbocycles. The van der Waals surface area contributed by atoms with Gasteiger partial charge >= 0.3 is 5.97 Å². The standard InChI is InChI=1S/C11H18N4O2/c1-4-12-11-14-8(2)7-9(15-11)13-6-5-10(16)17-3/h7H,4-6H2,1-3H3,(H2,12,13,14,15). The van der Waals surface area contributed by atoms with Crippen molar-refractivity contribution in [1.82, 2.24) is 9.97 Å². The van der Waals surface area contributed by atoms with Crippen molar-refractivity contribution < 1.29 is 9.53 Å². The van der Waals surface area contributed by atoms with Crippen LogP contribution in [0.3, 0.4) is 0 Å². The Kier molecular flexibility index (Phi) is 5.19. The van der Waals surface area contributed by atoms with Gasteiger partial charge in [-0.3, -0.25) is 4.79 Å². The van der Waals surface area contributed by atoms with E-state index < -0.39 is 0 Å². The lowest BCUT2D eigenvalue weighted by atomic mass is 10.4. The van der Waals surface area contributed by atoms with E-state index in [1.165, 1.54) is 7.11 Å². The molecule has 1 heterocycles. The first-order valence-electron chi connectivity index (χ1n) is 5.56. The molecular weight excluding hydrogens is 220 g/mol. The van der Waals surface area contributed by atoms with Gasteiger partial charge in [0, 0.05) is 24.8 Å². The summed E-state index contributed by atoms with van der Waals surface area (Å²) < 4.78 is 4.55. The van der Waals surface area contributed by atoms with Crippen LogP contribution in [-0.4, -0.2) is 36.1 Å². The molecule has 1 rings (SSSR count). The van der Waals surface area contributed by atoms with Crippen LogP contribution in [-0.2, 0) is 9.53 Å². The van der Waals surface area contributed by atoms with E-state index in [9.17, 15) is 4.79 Å². The molecule has 0 amide bonds. The Morgan fingerprint density at radius 2 is 2.18 bits per heavy atom. The van der Waals surface area contributed by atoms with E-state index in [1.54, 1.807) is 0 Å². The van der Waals surface area contributed by atoms with E-state index in [4.69, 9.17) is 0 Å². The Morgan fingerprint density at radius 1 is 1.41 bits per heavy atom. The van der Waals surface area contributed by atoms with Crippen molar-refractivity contribution >= 4 is 17.7 Å². The van der Waals surface area contributed by atoms with Crippen LogP contribution in [0.15, 0.2) is 6.07 Å². The number of hydrogen-bond acceptors (Lipinski definition) is 6. The summed E-state index contributed by atoms with van der Waals surface area (Å²) in [5, 5.41) is 6.10. The number of nitrogens with one attached hydrogen (secondary N) is 2. The van der Waals surface area contributed by atoms with Crippen molar-refractivity contribution in [2.24, 2.45) is 0 Å². The minimum atomic E-state index is -0.241. The van der Waals surface area contributed by atoms with E-state index >= 15 is 0 Å². The first-order chi connectivity index (χ1) is 8.15. The van der Waals surface area contributed by atoms with Gasteiger partial charge in [0.2, 0.25) is 5.95 Å². The summed E-state index contributed by atoms with van der Waals surface area (Å²) >= 11 is 0. The quantitative estimate of drug-likeness (QED) is 0.725. The molecule has 17 heavy (non-hydrogen) atoms. The van der Waals surface area contributed by atoms with Crippen LogP contribution >= 0.6 is 0 Å². The number of carbonyl (C=O) groups is 1. The zero-order valence-electron chi connectivity index (χ0n) is 10.4. The second kappa shape index (κ2) is 6.67. The van der Waals surface area contributed by atoms with Gasteiger partial charge in [-0.25, -0.2) is 4.98 Å². The number of rotatable bonds is 6. The van der Waals surface area contributed by atoms with Gasteiger partial charge in [-0.2, -0.15) is 4.98 Å². The lowest BCUT2D eigenvalue weighted by Gasteiger charge is -2.08. The Hall–Kier alpha value is -1.85. The number of nitrogens with zero attached hydrogens (tertiary/aromatic N) is 2. The maximum Gasteiger partial charge on any atom is 0.307 e. The summed E-state index contributed by atoms with van der Waals surface area (Å²) in [6.45, 7) is 5.14. The molecule has 0 saturated carbocycles. The van der Waals surface area contributed by atoms with Gasteiger partial charge in [0.1, 0.15) is 5.82 Å². The highest BCUT2D eigenvalue weighted by molar-refractivity contribution is 5.69. The highest BCUT2D eigenvalue weighted by Crippen LogP contribution is 2.09. The van der Waals surface area contributed by atoms with E-state index in [2.05, 4.69) is 25.3 Å². The second-order valence-corrected chi connectivity index (χ2v) is 3.50. The number of aryl methyl sites for hydroxylation is 1. The molecule has 0 aliphatic rings. The van der Waals surface area contributed by atoms with Gasteiger partial charge in [-0.05, 0) is 13.8 Å². The molecule has 1 aromatic heterocycles. The van der Waals surface area contributed by atoms with Gasteiger partial charge in [-0.1, -0.05) is 0 Å². The van der Waals surface area contributed by atoms with E-state index in [0.29, 0.717) is 24.7 Å². The molecule has 0 fully saturated rings. The average molecular weight is 238 g/mol. The lowest BCUT2D eigenvalue weighted by molar-refractivity contribution is -0.140. The molecule has 6 heteroatoms. The Bertz CT molecular complexity index is 382. The van der Waals surface area contributed by atoms with Gasteiger partial charge in [0.25, 0.3) is 0 Å². The average Bonchev–Trinajstić information content (AvgIpc) is 2.28. The number of hydrogen-bond donors (Lipinski definition) is 2. The molecule has 0 aliphatic carbocycles. The molecule has 0 bridgehead atoms. The van der Waals surface area contributed by atoms with Crippen LogP contribution in [0.25, 0.3) is 0 Å². The van der Waals surface area contributed by atoms with Crippen LogP contribution < -0.4 is 10.6 Å². The molecule has 0 aliphatic heterocycles. The number of anilines is 2. The van der Waals surface area contributed by atoms with Gasteiger partial charge < -0.3 is 15.4 Å². The van der Waals surface area contributed by atoms with E-state index in [0.717, 1.165) is 12.2 Å². The summed E-state index contributed by atoms with van der Waals surface area (Å²) in [6.07, 6.45) is 0.316. The van der Waals surface area contributed by atoms with Crippen molar-refractivity contribution in [3.8, 4) is 0 Å². The van der Waals surface area contributed by atoms with Crippen molar-refractivity contribution in [3.05, 3.63) is 11.8 Å². The number of methoxy groups -OCH3 is 1. The first-order valence-corrected chi connectivity index (χ1v) is 5.56. The molecule has 1 aromatic rings. The van der Waals surface area contributed by atoms with Gasteiger partial charge in [-0.15, -0.1) is 0 Å². The Morgan fingerprint density at radius 3 is 2.82 bits per heavy atom. The van der Waals surface area contributed by atoms with E-state index in [-0.39, 0.29) is 5.97 Å². The number of ether oxygens (including phenoxy) is 1. The number of esters is 1. The van der Waals surface area contributed by atoms with Crippen LogP contribution in [0.4, 0.5) is 11.8 Å². The summed E-state index contributed by atoms with van der Waals surface area (Å²) in [5.74, 6) is 1.06. The third-order valence-corrected chi connectivity index (χ3v) is 2.05. The number of carbonyl (C=O) groups excluding carboxylic acids is 1. The molecule has 6 nitrogen and oxygen atoms in total. The van der Waals surface area contributed by atoms with Crippen LogP contribution in [0.5, 0.6) is 0 Å². The second-order valence-electron chi connectivity index (χ2n) is 3.50. The van der Waals surface area contributed by atoms with Crippen molar-refractivity contribution in [2.75, 3.05) is 30.8 Å². The molecule has 0 atom stereocenters. The summed E-state index contributed by atoms with van der Waals surface area (Å²) in [6, 6.07) is 1.83. The number of aromatic nitrogens is 2. The van der Waals surface area contributed by atoms with Gasteiger partial charge in [0.15, 0.2) is 0 Å². The van der Waals surface area contributed by atoms with Crippen LogP contribution in [0, 0.1) is 6.92 Å². The van der Waals surface area contributed by atoms with Crippen molar-refractivity contribution in [3.63, 3.8) is 0 Å². The monoisotopic (exact) mass is 238 g/mol. The van der Waals surface area contributed by atoms with Crippen LogP contribution in [0.2, 0.25) is 0 Å². The van der Waals surface area contributed by atoms with Gasteiger partial charge in [0.05, 0.1) is 13.5 Å². The lowest BCUT2D eigenvalue weighted by Crippen LogP contribution is -2.12. The largest absolute Gasteiger partial charge is 0.469 e. The molecule has 0 saturated heterocycles. The Balaban J connectivity index is 2.55.